The number of rotatable bonds is 7. The summed E-state index contributed by atoms with van der Waals surface area (Å²) in [7, 11) is 1.58. The molecule has 0 aliphatic carbocycles. The summed E-state index contributed by atoms with van der Waals surface area (Å²) in [5.74, 6) is -3.43. The zero-order valence-corrected chi connectivity index (χ0v) is 22.9. The zero-order valence-electron chi connectivity index (χ0n) is 22.1. The fraction of sp³-hybridized carbons (Fsp3) is 0.444. The second-order valence-corrected chi connectivity index (χ2v) is 10.4. The van der Waals surface area contributed by atoms with E-state index < -0.39 is 29.9 Å². The van der Waals surface area contributed by atoms with Crippen molar-refractivity contribution in [3.63, 3.8) is 0 Å². The fourth-order valence-electron chi connectivity index (χ4n) is 5.07. The Morgan fingerprint density at radius 2 is 2.00 bits per heavy atom. The van der Waals surface area contributed by atoms with Gasteiger partial charge in [-0.15, -0.1) is 0 Å². The van der Waals surface area contributed by atoms with E-state index in [0.717, 1.165) is 5.56 Å². The summed E-state index contributed by atoms with van der Waals surface area (Å²) in [6, 6.07) is 7.92. The van der Waals surface area contributed by atoms with Crippen LogP contribution in [0.2, 0.25) is 5.15 Å². The lowest BCUT2D eigenvalue weighted by molar-refractivity contribution is 0.0136. The molecule has 0 saturated carbocycles. The molecule has 2 fully saturated rings. The highest BCUT2D eigenvalue weighted by Crippen LogP contribution is 2.33. The molecule has 4 heterocycles. The molecule has 2 aliphatic heterocycles. The lowest BCUT2D eigenvalue weighted by atomic mass is 10.1. The number of pyridine rings is 1. The van der Waals surface area contributed by atoms with E-state index in [-0.39, 0.29) is 80.2 Å². The number of piperazine rings is 1. The van der Waals surface area contributed by atoms with Crippen molar-refractivity contribution in [2.45, 2.75) is 31.0 Å². The normalized spacial score (nSPS) is 20.7. The smallest absolute Gasteiger partial charge is 0.410 e. The Bertz CT molecular complexity index is 1460. The van der Waals surface area contributed by atoms with Crippen molar-refractivity contribution >= 4 is 34.4 Å². The molecule has 14 heteroatoms. The molecule has 3 aromatic rings. The van der Waals surface area contributed by atoms with Crippen molar-refractivity contribution in [1.82, 2.24) is 24.8 Å². The Morgan fingerprint density at radius 3 is 2.71 bits per heavy atom. The number of likely N-dealkylation sites (N-methyl/N-ethyl adjacent to an activating group) is 1. The molecule has 0 N–H and O–H groups in total. The number of hydrogen-bond donors (Lipinski definition) is 0. The predicted molar refractivity (Wildman–Crippen MR) is 145 cm³/mol. The van der Waals surface area contributed by atoms with Crippen LogP contribution in [0.15, 0.2) is 36.5 Å². The molecule has 2 atom stereocenters. The Morgan fingerprint density at radius 1 is 1.22 bits per heavy atom. The number of alkyl halides is 2. The minimum Gasteiger partial charge on any atom is -0.462 e. The average molecular weight is 590 g/mol. The van der Waals surface area contributed by atoms with Gasteiger partial charge in [0.2, 0.25) is 6.54 Å². The first-order valence-electron chi connectivity index (χ1n) is 12.9. The van der Waals surface area contributed by atoms with Crippen LogP contribution < -0.4 is 9.64 Å². The van der Waals surface area contributed by atoms with Crippen LogP contribution in [0.5, 0.6) is 6.01 Å². The molecule has 5 rings (SSSR count). The molecule has 216 valence electrons. The number of anilines is 1. The van der Waals surface area contributed by atoms with Gasteiger partial charge in [0, 0.05) is 38.3 Å². The first-order chi connectivity index (χ1) is 19.6. The maximum atomic E-state index is 15.0. The molecule has 41 heavy (non-hydrogen) atoms. The van der Waals surface area contributed by atoms with Crippen LogP contribution in [-0.4, -0.2) is 95.2 Å². The third-order valence-electron chi connectivity index (χ3n) is 7.17. The van der Waals surface area contributed by atoms with Gasteiger partial charge in [-0.1, -0.05) is 41.9 Å². The molecular formula is C27H27ClF3N7O3. The first-order valence-corrected chi connectivity index (χ1v) is 13.3. The monoisotopic (exact) mass is 589 g/mol. The van der Waals surface area contributed by atoms with E-state index in [1.54, 1.807) is 11.9 Å². The van der Waals surface area contributed by atoms with Gasteiger partial charge in [0.05, 0.1) is 11.9 Å². The third kappa shape index (κ3) is 6.39. The summed E-state index contributed by atoms with van der Waals surface area (Å²) >= 11 is 5.92. The number of carbonyl (C=O) groups excluding carboxylic acids is 1. The van der Waals surface area contributed by atoms with Crippen molar-refractivity contribution in [2.75, 3.05) is 51.3 Å². The van der Waals surface area contributed by atoms with E-state index in [0.29, 0.717) is 0 Å². The van der Waals surface area contributed by atoms with Crippen molar-refractivity contribution in [3.8, 4) is 6.01 Å². The average Bonchev–Trinajstić information content (AvgIpc) is 3.23. The summed E-state index contributed by atoms with van der Waals surface area (Å²) in [6.07, 6.45) is 0.417. The standard InChI is InChI=1S/C27H27ClF3N7O3/c1-32-11-19-13-37(8-9-38(19)26(39)41-14-17-6-4-3-5-7-17)24-20-12-33-23(28)21(29)22(20)34-25(35-24)40-15-18-10-27(30,31)16-36(18)2/h3-7,12,18-19H,8-11,13-16H2,2H3/t18-,19-/m0/s1. The molecule has 0 unspecified atom stereocenters. The van der Waals surface area contributed by atoms with E-state index in [4.69, 9.17) is 27.6 Å². The molecule has 0 spiro atoms. The van der Waals surface area contributed by atoms with Crippen LogP contribution in [0.4, 0.5) is 23.8 Å². The molecule has 0 radical (unpaired) electrons. The largest absolute Gasteiger partial charge is 0.462 e. The molecule has 10 nitrogen and oxygen atoms in total. The van der Waals surface area contributed by atoms with Gasteiger partial charge in [-0.2, -0.15) is 9.97 Å². The number of fused-ring (bicyclic) bond motifs is 1. The Hall–Kier alpha value is -3.89. The van der Waals surface area contributed by atoms with E-state index in [1.165, 1.54) is 16.0 Å². The molecule has 1 amide bonds. The molecule has 2 aliphatic rings. The first kappa shape index (κ1) is 28.6. The van der Waals surface area contributed by atoms with Crippen molar-refractivity contribution in [3.05, 3.63) is 64.5 Å². The van der Waals surface area contributed by atoms with Crippen molar-refractivity contribution < 1.29 is 27.4 Å². The number of likely N-dealkylation sites (tertiary alicyclic amines) is 1. The number of carbonyl (C=O) groups is 1. The summed E-state index contributed by atoms with van der Waals surface area (Å²) in [6.45, 7) is 7.69. The van der Waals surface area contributed by atoms with Crippen LogP contribution in [-0.2, 0) is 11.3 Å². The van der Waals surface area contributed by atoms with Crippen LogP contribution in [0, 0.1) is 12.4 Å². The Labute approximate surface area is 239 Å². The molecule has 2 saturated heterocycles. The Balaban J connectivity index is 1.37. The highest BCUT2D eigenvalue weighted by atomic mass is 35.5. The molecule has 1 aromatic carbocycles. The zero-order chi connectivity index (χ0) is 29.1. The number of amides is 1. The number of halogens is 4. The van der Waals surface area contributed by atoms with E-state index in [1.807, 2.05) is 30.3 Å². The van der Waals surface area contributed by atoms with E-state index in [9.17, 15) is 13.6 Å². The minimum atomic E-state index is -2.83. The summed E-state index contributed by atoms with van der Waals surface area (Å²) < 4.78 is 53.9. The molecular weight excluding hydrogens is 563 g/mol. The second kappa shape index (κ2) is 11.9. The highest BCUT2D eigenvalue weighted by molar-refractivity contribution is 6.30. The predicted octanol–water partition coefficient (Wildman–Crippen LogP) is 4.28. The third-order valence-corrected chi connectivity index (χ3v) is 7.43. The van der Waals surface area contributed by atoms with Crippen molar-refractivity contribution in [1.29, 1.82) is 0 Å². The molecule has 0 bridgehead atoms. The maximum absolute atomic E-state index is 15.0. The summed E-state index contributed by atoms with van der Waals surface area (Å²) in [5, 5.41) is -0.134. The lowest BCUT2D eigenvalue weighted by Crippen LogP contribution is -2.56. The topological polar surface area (TPSA) is 88.3 Å². The fourth-order valence-corrected chi connectivity index (χ4v) is 5.21. The van der Waals surface area contributed by atoms with E-state index in [2.05, 4.69) is 19.8 Å². The van der Waals surface area contributed by atoms with Crippen LogP contribution in [0.3, 0.4) is 0 Å². The number of nitrogens with zero attached hydrogens (tertiary/aromatic N) is 7. The van der Waals surface area contributed by atoms with Crippen LogP contribution in [0.25, 0.3) is 15.7 Å². The van der Waals surface area contributed by atoms with Gasteiger partial charge in [-0.05, 0) is 12.6 Å². The number of benzene rings is 1. The van der Waals surface area contributed by atoms with Gasteiger partial charge >= 0.3 is 12.1 Å². The van der Waals surface area contributed by atoms with E-state index >= 15 is 4.39 Å². The minimum absolute atomic E-state index is 0.00394. The number of ether oxygens (including phenoxy) is 2. The number of hydrogen-bond acceptors (Lipinski definition) is 8. The second-order valence-electron chi connectivity index (χ2n) is 10.1. The van der Waals surface area contributed by atoms with Gasteiger partial charge in [-0.25, -0.2) is 29.5 Å². The van der Waals surface area contributed by atoms with Gasteiger partial charge in [0.25, 0.3) is 5.92 Å². The lowest BCUT2D eigenvalue weighted by Gasteiger charge is -2.39. The van der Waals surface area contributed by atoms with Crippen LogP contribution >= 0.6 is 11.6 Å². The highest BCUT2D eigenvalue weighted by Gasteiger charge is 2.43. The summed E-state index contributed by atoms with van der Waals surface area (Å²) in [5.41, 5.74) is 0.698. The SMILES string of the molecule is [C-]#[N+]C[C@H]1CN(c2nc(OC[C@@H]3CC(F)(F)CN3C)nc3c(F)c(Cl)ncc23)CCN1C(=O)OCc1ccccc1. The van der Waals surface area contributed by atoms with Gasteiger partial charge < -0.3 is 19.2 Å². The summed E-state index contributed by atoms with van der Waals surface area (Å²) in [4.78, 5) is 33.8. The quantitative estimate of drug-likeness (QED) is 0.298. The van der Waals surface area contributed by atoms with Gasteiger partial charge in [-0.3, -0.25) is 9.80 Å². The molecule has 2 aromatic heterocycles. The maximum Gasteiger partial charge on any atom is 0.410 e. The Kier molecular flexibility index (Phi) is 8.32. The van der Waals surface area contributed by atoms with Crippen molar-refractivity contribution in [2.24, 2.45) is 0 Å². The van der Waals surface area contributed by atoms with Gasteiger partial charge in [0.15, 0.2) is 11.0 Å². The van der Waals surface area contributed by atoms with Crippen LogP contribution in [0.1, 0.15) is 12.0 Å². The van der Waals surface area contributed by atoms with Gasteiger partial charge in [0.1, 0.15) is 30.6 Å². The number of aromatic nitrogens is 3.